The van der Waals surface area contributed by atoms with Gasteiger partial charge < -0.3 is 15.2 Å². The summed E-state index contributed by atoms with van der Waals surface area (Å²) in [4.78, 5) is 0. The number of aromatic hydroxyl groups is 1. The van der Waals surface area contributed by atoms with E-state index in [2.05, 4.69) is 17.4 Å². The molecule has 0 fully saturated rings. The van der Waals surface area contributed by atoms with Gasteiger partial charge in [0.15, 0.2) is 0 Å². The lowest BCUT2D eigenvalue weighted by Gasteiger charge is -2.18. The van der Waals surface area contributed by atoms with Gasteiger partial charge in [-0.25, -0.2) is 0 Å². The van der Waals surface area contributed by atoms with E-state index in [1.165, 1.54) is 5.56 Å². The normalized spacial score (nSPS) is 12.3. The first-order chi connectivity index (χ1) is 9.29. The third kappa shape index (κ3) is 4.09. The number of nitrogens with one attached hydrogen (secondary N) is 1. The minimum atomic E-state index is 0.167. The van der Waals surface area contributed by atoms with Crippen molar-refractivity contribution in [1.29, 1.82) is 0 Å². The number of phenolic OH excluding ortho intramolecular Hbond substituents is 1. The van der Waals surface area contributed by atoms with Gasteiger partial charge in [0.1, 0.15) is 5.75 Å². The number of hydrogen-bond acceptors (Lipinski definition) is 3. The fourth-order valence-corrected chi connectivity index (χ4v) is 1.98. The number of hydrogen-bond donors (Lipinski definition) is 2. The van der Waals surface area contributed by atoms with Crippen LogP contribution < -0.4 is 5.32 Å². The molecule has 0 aliphatic rings. The highest BCUT2D eigenvalue weighted by molar-refractivity contribution is 5.26. The van der Waals surface area contributed by atoms with Gasteiger partial charge >= 0.3 is 0 Å². The molecule has 0 radical (unpaired) electrons. The van der Waals surface area contributed by atoms with Crippen LogP contribution in [0.3, 0.4) is 0 Å². The van der Waals surface area contributed by atoms with E-state index in [9.17, 15) is 5.11 Å². The van der Waals surface area contributed by atoms with E-state index in [-0.39, 0.29) is 6.04 Å². The van der Waals surface area contributed by atoms with Gasteiger partial charge in [-0.05, 0) is 23.3 Å². The van der Waals surface area contributed by atoms with Gasteiger partial charge in [-0.2, -0.15) is 0 Å². The standard InChI is InChI=1S/C16H19NO2/c1-19-12-16(14-5-3-2-4-6-14)17-11-13-7-9-15(18)10-8-13/h2-10,16-18H,11-12H2,1H3. The van der Waals surface area contributed by atoms with Crippen LogP contribution in [0.2, 0.25) is 0 Å². The summed E-state index contributed by atoms with van der Waals surface area (Å²) >= 11 is 0. The Kier molecular flexibility index (Phi) is 4.95. The molecular weight excluding hydrogens is 238 g/mol. The van der Waals surface area contributed by atoms with Crippen LogP contribution in [0.15, 0.2) is 54.6 Å². The minimum Gasteiger partial charge on any atom is -0.508 e. The minimum absolute atomic E-state index is 0.167. The molecule has 0 spiro atoms. The van der Waals surface area contributed by atoms with E-state index < -0.39 is 0 Å². The molecule has 2 aromatic rings. The SMILES string of the molecule is COCC(NCc1ccc(O)cc1)c1ccccc1. The van der Waals surface area contributed by atoms with Gasteiger partial charge in [0, 0.05) is 13.7 Å². The highest BCUT2D eigenvalue weighted by Crippen LogP contribution is 2.15. The Hall–Kier alpha value is -1.84. The van der Waals surface area contributed by atoms with Gasteiger partial charge in [-0.15, -0.1) is 0 Å². The zero-order chi connectivity index (χ0) is 13.5. The fourth-order valence-electron chi connectivity index (χ4n) is 1.98. The zero-order valence-corrected chi connectivity index (χ0v) is 11.0. The predicted molar refractivity (Wildman–Crippen MR) is 76.0 cm³/mol. The topological polar surface area (TPSA) is 41.5 Å². The van der Waals surface area contributed by atoms with E-state index in [1.807, 2.05) is 30.3 Å². The molecule has 3 nitrogen and oxygen atoms in total. The number of phenols is 1. The van der Waals surface area contributed by atoms with Crippen molar-refractivity contribution >= 4 is 0 Å². The third-order valence-electron chi connectivity index (χ3n) is 3.02. The summed E-state index contributed by atoms with van der Waals surface area (Å²) < 4.78 is 5.26. The van der Waals surface area contributed by atoms with Gasteiger partial charge in [0.05, 0.1) is 12.6 Å². The van der Waals surface area contributed by atoms with E-state index in [4.69, 9.17) is 4.74 Å². The van der Waals surface area contributed by atoms with Crippen LogP contribution in [0.5, 0.6) is 5.75 Å². The Morgan fingerprint density at radius 1 is 1.05 bits per heavy atom. The van der Waals surface area contributed by atoms with Crippen LogP contribution in [-0.4, -0.2) is 18.8 Å². The van der Waals surface area contributed by atoms with Crippen LogP contribution in [0.4, 0.5) is 0 Å². The van der Waals surface area contributed by atoms with E-state index >= 15 is 0 Å². The first-order valence-corrected chi connectivity index (χ1v) is 6.35. The molecule has 2 rings (SSSR count). The van der Waals surface area contributed by atoms with E-state index in [1.54, 1.807) is 19.2 Å². The van der Waals surface area contributed by atoms with Crippen molar-refractivity contribution in [2.24, 2.45) is 0 Å². The Bertz CT molecular complexity index is 482. The summed E-state index contributed by atoms with van der Waals surface area (Å²) in [6, 6.07) is 17.6. The molecule has 0 aliphatic carbocycles. The largest absolute Gasteiger partial charge is 0.508 e. The van der Waals surface area contributed by atoms with Crippen molar-refractivity contribution in [3.63, 3.8) is 0 Å². The van der Waals surface area contributed by atoms with Gasteiger partial charge in [-0.3, -0.25) is 0 Å². The van der Waals surface area contributed by atoms with Crippen molar-refractivity contribution in [3.05, 3.63) is 65.7 Å². The lowest BCUT2D eigenvalue weighted by Crippen LogP contribution is -2.24. The molecule has 0 saturated carbocycles. The van der Waals surface area contributed by atoms with Crippen molar-refractivity contribution < 1.29 is 9.84 Å². The average molecular weight is 257 g/mol. The summed E-state index contributed by atoms with van der Waals surface area (Å²) in [6.45, 7) is 1.37. The quantitative estimate of drug-likeness (QED) is 0.836. The van der Waals surface area contributed by atoms with Crippen LogP contribution >= 0.6 is 0 Å². The molecular formula is C16H19NO2. The van der Waals surface area contributed by atoms with Crippen LogP contribution in [0.25, 0.3) is 0 Å². The van der Waals surface area contributed by atoms with Crippen molar-refractivity contribution in [3.8, 4) is 5.75 Å². The lowest BCUT2D eigenvalue weighted by molar-refractivity contribution is 0.166. The molecule has 0 bridgehead atoms. The average Bonchev–Trinajstić information content (AvgIpc) is 2.46. The van der Waals surface area contributed by atoms with Crippen molar-refractivity contribution in [1.82, 2.24) is 5.32 Å². The molecule has 19 heavy (non-hydrogen) atoms. The molecule has 0 aliphatic heterocycles. The van der Waals surface area contributed by atoms with Crippen LogP contribution in [0.1, 0.15) is 17.2 Å². The summed E-state index contributed by atoms with van der Waals surface area (Å²) in [5, 5.41) is 12.7. The zero-order valence-electron chi connectivity index (χ0n) is 11.0. The number of ether oxygens (including phenoxy) is 1. The summed E-state index contributed by atoms with van der Waals surface area (Å²) in [5.74, 6) is 0.292. The highest BCUT2D eigenvalue weighted by atomic mass is 16.5. The maximum absolute atomic E-state index is 9.26. The molecule has 1 unspecified atom stereocenters. The Morgan fingerprint density at radius 2 is 1.74 bits per heavy atom. The Balaban J connectivity index is 1.99. The lowest BCUT2D eigenvalue weighted by atomic mass is 10.1. The molecule has 0 heterocycles. The Morgan fingerprint density at radius 3 is 2.37 bits per heavy atom. The van der Waals surface area contributed by atoms with Gasteiger partial charge in [0.25, 0.3) is 0 Å². The molecule has 100 valence electrons. The third-order valence-corrected chi connectivity index (χ3v) is 3.02. The molecule has 2 N–H and O–H groups in total. The smallest absolute Gasteiger partial charge is 0.115 e. The van der Waals surface area contributed by atoms with Crippen LogP contribution in [-0.2, 0) is 11.3 Å². The summed E-state index contributed by atoms with van der Waals surface area (Å²) in [6.07, 6.45) is 0. The van der Waals surface area contributed by atoms with Crippen LogP contribution in [0, 0.1) is 0 Å². The fraction of sp³-hybridized carbons (Fsp3) is 0.250. The highest BCUT2D eigenvalue weighted by Gasteiger charge is 2.09. The molecule has 0 amide bonds. The van der Waals surface area contributed by atoms with Gasteiger partial charge in [-0.1, -0.05) is 42.5 Å². The summed E-state index contributed by atoms with van der Waals surface area (Å²) in [5.41, 5.74) is 2.35. The molecule has 0 aromatic heterocycles. The number of benzene rings is 2. The molecule has 0 saturated heterocycles. The van der Waals surface area contributed by atoms with Crippen molar-refractivity contribution in [2.45, 2.75) is 12.6 Å². The maximum Gasteiger partial charge on any atom is 0.115 e. The first-order valence-electron chi connectivity index (χ1n) is 6.35. The predicted octanol–water partition coefficient (Wildman–Crippen LogP) is 2.87. The summed E-state index contributed by atoms with van der Waals surface area (Å²) in [7, 11) is 1.71. The second-order valence-electron chi connectivity index (χ2n) is 4.47. The van der Waals surface area contributed by atoms with E-state index in [0.717, 1.165) is 12.1 Å². The van der Waals surface area contributed by atoms with Crippen molar-refractivity contribution in [2.75, 3.05) is 13.7 Å². The number of rotatable bonds is 6. The molecule has 2 aromatic carbocycles. The van der Waals surface area contributed by atoms with E-state index in [0.29, 0.717) is 12.4 Å². The number of methoxy groups -OCH3 is 1. The maximum atomic E-state index is 9.26. The van der Waals surface area contributed by atoms with Gasteiger partial charge in [0.2, 0.25) is 0 Å². The monoisotopic (exact) mass is 257 g/mol. The molecule has 3 heteroatoms. The second kappa shape index (κ2) is 6.92. The molecule has 1 atom stereocenters. The Labute approximate surface area is 113 Å². The second-order valence-corrected chi connectivity index (χ2v) is 4.47. The first kappa shape index (κ1) is 13.6.